The summed E-state index contributed by atoms with van der Waals surface area (Å²) in [7, 11) is 0. The summed E-state index contributed by atoms with van der Waals surface area (Å²) in [5.74, 6) is -1.35. The smallest absolute Gasteiger partial charge is 0.342 e. The molecule has 0 heterocycles. The van der Waals surface area contributed by atoms with E-state index in [4.69, 9.17) is 10.2 Å². The van der Waals surface area contributed by atoms with Crippen molar-refractivity contribution in [2.75, 3.05) is 11.9 Å². The van der Waals surface area contributed by atoms with Gasteiger partial charge in [0.15, 0.2) is 0 Å². The Balaban J connectivity index is 3.24. The number of carboxylic acid groups (broad SMARTS) is 1. The Labute approximate surface area is 110 Å². The van der Waals surface area contributed by atoms with E-state index in [2.05, 4.69) is 5.32 Å². The van der Waals surface area contributed by atoms with E-state index in [1.165, 1.54) is 18.2 Å². The molecule has 0 atom stereocenters. The molecule has 1 aromatic carbocycles. The van der Waals surface area contributed by atoms with E-state index in [9.17, 15) is 14.9 Å². The van der Waals surface area contributed by atoms with E-state index in [0.717, 1.165) is 0 Å². The summed E-state index contributed by atoms with van der Waals surface area (Å²) in [6, 6.07) is 4.07. The van der Waals surface area contributed by atoms with Gasteiger partial charge in [-0.15, -0.1) is 0 Å². The number of aliphatic hydroxyl groups excluding tert-OH is 1. The number of aliphatic hydroxyl groups is 1. The molecule has 1 rings (SSSR count). The first-order chi connectivity index (χ1) is 8.78. The van der Waals surface area contributed by atoms with Gasteiger partial charge >= 0.3 is 11.7 Å². The van der Waals surface area contributed by atoms with Crippen molar-refractivity contribution in [1.82, 2.24) is 0 Å². The molecule has 0 saturated heterocycles. The molecule has 19 heavy (non-hydrogen) atoms. The van der Waals surface area contributed by atoms with Crippen LogP contribution in [-0.4, -0.2) is 33.3 Å². The second kappa shape index (κ2) is 5.66. The Kier molecular flexibility index (Phi) is 4.44. The Hall–Kier alpha value is -2.15. The minimum Gasteiger partial charge on any atom is -0.477 e. The molecule has 0 saturated carbocycles. The number of para-hydroxylation sites is 1. The summed E-state index contributed by atoms with van der Waals surface area (Å²) in [5.41, 5.74) is -1.30. The van der Waals surface area contributed by atoms with Crippen molar-refractivity contribution >= 4 is 17.3 Å². The maximum atomic E-state index is 11.0. The van der Waals surface area contributed by atoms with Crippen LogP contribution in [0.3, 0.4) is 0 Å². The maximum absolute atomic E-state index is 11.0. The summed E-state index contributed by atoms with van der Waals surface area (Å²) in [6.07, 6.45) is 0.376. The second-order valence-electron chi connectivity index (χ2n) is 4.75. The molecule has 0 aliphatic heterocycles. The Bertz CT molecular complexity index is 499. The number of aromatic carboxylic acids is 1. The van der Waals surface area contributed by atoms with Gasteiger partial charge in [-0.05, 0) is 32.4 Å². The van der Waals surface area contributed by atoms with Crippen molar-refractivity contribution in [3.05, 3.63) is 33.9 Å². The normalized spacial score (nSPS) is 11.1. The van der Waals surface area contributed by atoms with Gasteiger partial charge in [0.1, 0.15) is 11.3 Å². The van der Waals surface area contributed by atoms with Gasteiger partial charge in [0, 0.05) is 12.1 Å². The molecule has 0 spiro atoms. The van der Waals surface area contributed by atoms with Crippen molar-refractivity contribution in [3.8, 4) is 0 Å². The Morgan fingerprint density at radius 1 is 1.47 bits per heavy atom. The van der Waals surface area contributed by atoms with E-state index in [0.29, 0.717) is 6.42 Å². The predicted octanol–water partition coefficient (Wildman–Crippen LogP) is 1.87. The lowest BCUT2D eigenvalue weighted by Gasteiger charge is -2.26. The molecule has 0 bridgehead atoms. The van der Waals surface area contributed by atoms with Crippen LogP contribution in [0, 0.1) is 10.1 Å². The van der Waals surface area contributed by atoms with Crippen LogP contribution in [-0.2, 0) is 0 Å². The molecule has 0 aromatic heterocycles. The molecule has 0 amide bonds. The number of nitro groups is 1. The summed E-state index contributed by atoms with van der Waals surface area (Å²) in [4.78, 5) is 21.3. The highest BCUT2D eigenvalue weighted by atomic mass is 16.6. The van der Waals surface area contributed by atoms with Gasteiger partial charge in [-0.1, -0.05) is 6.07 Å². The Morgan fingerprint density at radius 3 is 2.58 bits per heavy atom. The quantitative estimate of drug-likeness (QED) is 0.536. The number of carboxylic acids is 1. The van der Waals surface area contributed by atoms with E-state index < -0.39 is 22.1 Å². The van der Waals surface area contributed by atoms with Gasteiger partial charge in [0.05, 0.1) is 4.92 Å². The average molecular weight is 268 g/mol. The highest BCUT2D eigenvalue weighted by molar-refractivity contribution is 5.95. The molecule has 0 aliphatic rings. The maximum Gasteiger partial charge on any atom is 0.342 e. The lowest BCUT2D eigenvalue weighted by Crippen LogP contribution is -2.32. The molecule has 3 N–H and O–H groups in total. The minimum absolute atomic E-state index is 0.0770. The van der Waals surface area contributed by atoms with E-state index >= 15 is 0 Å². The zero-order valence-electron chi connectivity index (χ0n) is 10.7. The SMILES string of the molecule is CC(C)(CCO)Nc1cccc(C(=O)O)c1[N+](=O)[O-]. The lowest BCUT2D eigenvalue weighted by atomic mass is 10.00. The number of hydrogen-bond donors (Lipinski definition) is 3. The van der Waals surface area contributed by atoms with Crippen LogP contribution in [0.1, 0.15) is 30.6 Å². The standard InChI is InChI=1S/C12H16N2O5/c1-12(2,6-7-15)13-9-5-3-4-8(11(16)17)10(9)14(18)19/h3-5,13,15H,6-7H2,1-2H3,(H,16,17). The number of anilines is 1. The number of nitrogens with zero attached hydrogens (tertiary/aromatic N) is 1. The third-order valence-electron chi connectivity index (χ3n) is 2.66. The van der Waals surface area contributed by atoms with Crippen molar-refractivity contribution < 1.29 is 19.9 Å². The predicted molar refractivity (Wildman–Crippen MR) is 69.5 cm³/mol. The fraction of sp³-hybridized carbons (Fsp3) is 0.417. The van der Waals surface area contributed by atoms with Crippen LogP contribution in [0.5, 0.6) is 0 Å². The fourth-order valence-corrected chi connectivity index (χ4v) is 1.72. The molecule has 0 radical (unpaired) electrons. The van der Waals surface area contributed by atoms with Crippen molar-refractivity contribution in [3.63, 3.8) is 0 Å². The first-order valence-corrected chi connectivity index (χ1v) is 5.68. The second-order valence-corrected chi connectivity index (χ2v) is 4.75. The number of benzene rings is 1. The summed E-state index contributed by atoms with van der Waals surface area (Å²) in [5, 5.41) is 31.8. The van der Waals surface area contributed by atoms with Crippen LogP contribution >= 0.6 is 0 Å². The number of carbonyl (C=O) groups is 1. The van der Waals surface area contributed by atoms with Crippen molar-refractivity contribution in [2.24, 2.45) is 0 Å². The number of nitro benzene ring substituents is 1. The van der Waals surface area contributed by atoms with Crippen LogP contribution < -0.4 is 5.32 Å². The highest BCUT2D eigenvalue weighted by Gasteiger charge is 2.27. The van der Waals surface area contributed by atoms with Gasteiger partial charge < -0.3 is 15.5 Å². The molecule has 104 valence electrons. The van der Waals surface area contributed by atoms with E-state index in [-0.39, 0.29) is 17.9 Å². The van der Waals surface area contributed by atoms with Crippen LogP contribution in [0.4, 0.5) is 11.4 Å². The topological polar surface area (TPSA) is 113 Å². The minimum atomic E-state index is -1.35. The van der Waals surface area contributed by atoms with Crippen molar-refractivity contribution in [1.29, 1.82) is 0 Å². The van der Waals surface area contributed by atoms with Gasteiger partial charge in [0.25, 0.3) is 0 Å². The fourth-order valence-electron chi connectivity index (χ4n) is 1.72. The zero-order valence-corrected chi connectivity index (χ0v) is 10.7. The first kappa shape index (κ1) is 14.9. The van der Waals surface area contributed by atoms with Crippen molar-refractivity contribution in [2.45, 2.75) is 25.8 Å². The molecular formula is C12H16N2O5. The average Bonchev–Trinajstić information content (AvgIpc) is 2.27. The Morgan fingerprint density at radius 2 is 2.11 bits per heavy atom. The molecule has 0 unspecified atom stereocenters. The molecule has 7 heteroatoms. The van der Waals surface area contributed by atoms with Crippen LogP contribution in [0.15, 0.2) is 18.2 Å². The lowest BCUT2D eigenvalue weighted by molar-refractivity contribution is -0.384. The van der Waals surface area contributed by atoms with Gasteiger partial charge in [-0.25, -0.2) is 4.79 Å². The molecular weight excluding hydrogens is 252 g/mol. The largest absolute Gasteiger partial charge is 0.477 e. The van der Waals surface area contributed by atoms with Crippen LogP contribution in [0.2, 0.25) is 0 Å². The number of nitrogens with one attached hydrogen (secondary N) is 1. The molecule has 0 fully saturated rings. The molecule has 1 aromatic rings. The van der Waals surface area contributed by atoms with Gasteiger partial charge in [-0.2, -0.15) is 0 Å². The van der Waals surface area contributed by atoms with Gasteiger partial charge in [0.2, 0.25) is 0 Å². The zero-order chi connectivity index (χ0) is 14.6. The highest BCUT2D eigenvalue weighted by Crippen LogP contribution is 2.31. The third kappa shape index (κ3) is 3.65. The van der Waals surface area contributed by atoms with E-state index in [1.807, 2.05) is 0 Å². The summed E-state index contributed by atoms with van der Waals surface area (Å²) >= 11 is 0. The number of hydrogen-bond acceptors (Lipinski definition) is 5. The summed E-state index contributed by atoms with van der Waals surface area (Å²) < 4.78 is 0. The summed E-state index contributed by atoms with van der Waals surface area (Å²) in [6.45, 7) is 3.45. The number of rotatable bonds is 6. The van der Waals surface area contributed by atoms with E-state index in [1.54, 1.807) is 13.8 Å². The van der Waals surface area contributed by atoms with Gasteiger partial charge in [-0.3, -0.25) is 10.1 Å². The third-order valence-corrected chi connectivity index (χ3v) is 2.66. The molecule has 7 nitrogen and oxygen atoms in total. The first-order valence-electron chi connectivity index (χ1n) is 5.68. The van der Waals surface area contributed by atoms with Crippen LogP contribution in [0.25, 0.3) is 0 Å². The molecule has 0 aliphatic carbocycles. The monoisotopic (exact) mass is 268 g/mol.